The Hall–Kier alpha value is -1.55. The van der Waals surface area contributed by atoms with Crippen molar-refractivity contribution in [3.8, 4) is 0 Å². The van der Waals surface area contributed by atoms with Gasteiger partial charge in [0.1, 0.15) is 0 Å². The molecule has 1 amide bonds. The molecule has 0 unspecified atom stereocenters. The SMILES string of the molecule is CCCNc1ccc(C(=O)NC(C)(C)COC)cc1. The number of carbonyl (C=O) groups excluding carboxylic acids is 1. The van der Waals surface area contributed by atoms with Gasteiger partial charge in [0.2, 0.25) is 0 Å². The first kappa shape index (κ1) is 15.5. The number of rotatable bonds is 7. The van der Waals surface area contributed by atoms with Crippen LogP contribution >= 0.6 is 0 Å². The zero-order valence-corrected chi connectivity index (χ0v) is 12.2. The lowest BCUT2D eigenvalue weighted by Gasteiger charge is -2.25. The van der Waals surface area contributed by atoms with E-state index in [-0.39, 0.29) is 11.4 Å². The van der Waals surface area contributed by atoms with Gasteiger partial charge in [-0.1, -0.05) is 6.92 Å². The van der Waals surface area contributed by atoms with E-state index in [0.29, 0.717) is 12.2 Å². The number of methoxy groups -OCH3 is 1. The fourth-order valence-corrected chi connectivity index (χ4v) is 1.79. The number of hydrogen-bond donors (Lipinski definition) is 2. The van der Waals surface area contributed by atoms with E-state index in [2.05, 4.69) is 17.6 Å². The molecule has 106 valence electrons. The molecule has 0 saturated heterocycles. The van der Waals surface area contributed by atoms with Crippen LogP contribution in [0.4, 0.5) is 5.69 Å². The second-order valence-electron chi connectivity index (χ2n) is 5.28. The van der Waals surface area contributed by atoms with Crippen molar-refractivity contribution in [1.29, 1.82) is 0 Å². The van der Waals surface area contributed by atoms with Gasteiger partial charge in [0.05, 0.1) is 12.1 Å². The molecule has 4 nitrogen and oxygen atoms in total. The van der Waals surface area contributed by atoms with Gasteiger partial charge in [-0.3, -0.25) is 4.79 Å². The molecule has 0 radical (unpaired) electrons. The van der Waals surface area contributed by atoms with Crippen molar-refractivity contribution in [2.45, 2.75) is 32.7 Å². The summed E-state index contributed by atoms with van der Waals surface area (Å²) in [6, 6.07) is 7.51. The number of nitrogens with one attached hydrogen (secondary N) is 2. The minimum atomic E-state index is -0.370. The van der Waals surface area contributed by atoms with Gasteiger partial charge >= 0.3 is 0 Å². The Morgan fingerprint density at radius 1 is 1.26 bits per heavy atom. The van der Waals surface area contributed by atoms with Crippen LogP contribution in [0.5, 0.6) is 0 Å². The maximum atomic E-state index is 12.1. The number of benzene rings is 1. The van der Waals surface area contributed by atoms with E-state index in [1.54, 1.807) is 7.11 Å². The summed E-state index contributed by atoms with van der Waals surface area (Å²) in [5, 5.41) is 6.23. The van der Waals surface area contributed by atoms with Crippen LogP contribution in [0.15, 0.2) is 24.3 Å². The first-order valence-electron chi connectivity index (χ1n) is 6.64. The fourth-order valence-electron chi connectivity index (χ4n) is 1.79. The van der Waals surface area contributed by atoms with E-state index in [1.165, 1.54) is 0 Å². The number of carbonyl (C=O) groups is 1. The molecule has 0 saturated carbocycles. The summed E-state index contributed by atoms with van der Waals surface area (Å²) < 4.78 is 5.08. The van der Waals surface area contributed by atoms with Crippen molar-refractivity contribution < 1.29 is 9.53 Å². The molecule has 0 atom stereocenters. The lowest BCUT2D eigenvalue weighted by atomic mass is 10.1. The third kappa shape index (κ3) is 5.30. The van der Waals surface area contributed by atoms with E-state index in [1.807, 2.05) is 38.1 Å². The highest BCUT2D eigenvalue weighted by atomic mass is 16.5. The van der Waals surface area contributed by atoms with Crippen LogP contribution in [-0.4, -0.2) is 31.7 Å². The van der Waals surface area contributed by atoms with E-state index in [9.17, 15) is 4.79 Å². The minimum absolute atomic E-state index is 0.0795. The monoisotopic (exact) mass is 264 g/mol. The third-order valence-corrected chi connectivity index (χ3v) is 2.68. The lowest BCUT2D eigenvalue weighted by Crippen LogP contribution is -2.46. The Morgan fingerprint density at radius 2 is 1.89 bits per heavy atom. The largest absolute Gasteiger partial charge is 0.385 e. The highest BCUT2D eigenvalue weighted by molar-refractivity contribution is 5.95. The molecule has 0 aliphatic carbocycles. The summed E-state index contributed by atoms with van der Waals surface area (Å²) in [5.41, 5.74) is 1.33. The standard InChI is InChI=1S/C15H24N2O2/c1-5-10-16-13-8-6-12(7-9-13)14(18)17-15(2,3)11-19-4/h6-9,16H,5,10-11H2,1-4H3,(H,17,18). The third-order valence-electron chi connectivity index (χ3n) is 2.68. The van der Waals surface area contributed by atoms with Crippen molar-refractivity contribution in [2.24, 2.45) is 0 Å². The maximum Gasteiger partial charge on any atom is 0.251 e. The smallest absolute Gasteiger partial charge is 0.251 e. The summed E-state index contributed by atoms with van der Waals surface area (Å²) in [6.45, 7) is 7.41. The van der Waals surface area contributed by atoms with E-state index >= 15 is 0 Å². The molecule has 4 heteroatoms. The Bertz CT molecular complexity index is 399. The van der Waals surface area contributed by atoms with Crippen LogP contribution in [0, 0.1) is 0 Å². The number of anilines is 1. The van der Waals surface area contributed by atoms with Crippen LogP contribution < -0.4 is 10.6 Å². The second-order valence-corrected chi connectivity index (χ2v) is 5.28. The van der Waals surface area contributed by atoms with E-state index < -0.39 is 0 Å². The summed E-state index contributed by atoms with van der Waals surface area (Å²) in [6.07, 6.45) is 1.08. The Labute approximate surface area is 115 Å². The molecule has 0 aliphatic heterocycles. The summed E-state index contributed by atoms with van der Waals surface area (Å²) in [5.74, 6) is -0.0795. The van der Waals surface area contributed by atoms with Crippen molar-refractivity contribution in [2.75, 3.05) is 25.6 Å². The Morgan fingerprint density at radius 3 is 2.42 bits per heavy atom. The number of amides is 1. The lowest BCUT2D eigenvalue weighted by molar-refractivity contribution is 0.0820. The van der Waals surface area contributed by atoms with Gasteiger partial charge in [0, 0.05) is 24.9 Å². The highest BCUT2D eigenvalue weighted by Crippen LogP contribution is 2.11. The average molecular weight is 264 g/mol. The first-order valence-corrected chi connectivity index (χ1v) is 6.64. The van der Waals surface area contributed by atoms with Crippen LogP contribution in [0.3, 0.4) is 0 Å². The zero-order valence-electron chi connectivity index (χ0n) is 12.2. The molecule has 2 N–H and O–H groups in total. The molecule has 0 fully saturated rings. The van der Waals surface area contributed by atoms with Crippen LogP contribution in [-0.2, 0) is 4.74 Å². The molecule has 0 aliphatic rings. The first-order chi connectivity index (χ1) is 8.98. The normalized spacial score (nSPS) is 11.2. The fraction of sp³-hybridized carbons (Fsp3) is 0.533. The minimum Gasteiger partial charge on any atom is -0.385 e. The van der Waals surface area contributed by atoms with Gasteiger partial charge in [-0.25, -0.2) is 0 Å². The predicted molar refractivity (Wildman–Crippen MR) is 78.6 cm³/mol. The topological polar surface area (TPSA) is 50.4 Å². The average Bonchev–Trinajstić information content (AvgIpc) is 2.36. The Kier molecular flexibility index (Phi) is 5.83. The maximum absolute atomic E-state index is 12.1. The van der Waals surface area contributed by atoms with Gasteiger partial charge in [0.15, 0.2) is 0 Å². The number of ether oxygens (including phenoxy) is 1. The summed E-state index contributed by atoms with van der Waals surface area (Å²) in [7, 11) is 1.63. The van der Waals surface area contributed by atoms with Crippen molar-refractivity contribution >= 4 is 11.6 Å². The molecule has 1 rings (SSSR count). The van der Waals surface area contributed by atoms with Crippen molar-refractivity contribution in [3.05, 3.63) is 29.8 Å². The molecule has 19 heavy (non-hydrogen) atoms. The van der Waals surface area contributed by atoms with Gasteiger partial charge in [-0.15, -0.1) is 0 Å². The van der Waals surface area contributed by atoms with Crippen LogP contribution in [0.25, 0.3) is 0 Å². The number of hydrogen-bond acceptors (Lipinski definition) is 3. The summed E-state index contributed by atoms with van der Waals surface area (Å²) >= 11 is 0. The predicted octanol–water partition coefficient (Wildman–Crippen LogP) is 2.66. The molecule has 0 spiro atoms. The van der Waals surface area contributed by atoms with Gasteiger partial charge in [0.25, 0.3) is 5.91 Å². The zero-order chi connectivity index (χ0) is 14.3. The highest BCUT2D eigenvalue weighted by Gasteiger charge is 2.20. The summed E-state index contributed by atoms with van der Waals surface area (Å²) in [4.78, 5) is 12.1. The van der Waals surface area contributed by atoms with Gasteiger partial charge in [-0.2, -0.15) is 0 Å². The second kappa shape index (κ2) is 7.14. The molecule has 0 bridgehead atoms. The molecule has 1 aromatic carbocycles. The van der Waals surface area contributed by atoms with Crippen LogP contribution in [0.1, 0.15) is 37.6 Å². The van der Waals surface area contributed by atoms with Crippen LogP contribution in [0.2, 0.25) is 0 Å². The van der Waals surface area contributed by atoms with Gasteiger partial charge < -0.3 is 15.4 Å². The van der Waals surface area contributed by atoms with Crippen molar-refractivity contribution in [1.82, 2.24) is 5.32 Å². The van der Waals surface area contributed by atoms with E-state index in [0.717, 1.165) is 18.7 Å². The van der Waals surface area contributed by atoms with E-state index in [4.69, 9.17) is 4.74 Å². The molecular formula is C15H24N2O2. The molecule has 1 aromatic rings. The molecule has 0 aromatic heterocycles. The van der Waals surface area contributed by atoms with Gasteiger partial charge in [-0.05, 0) is 44.5 Å². The Balaban J connectivity index is 2.62. The molecule has 0 heterocycles. The van der Waals surface area contributed by atoms with Crippen molar-refractivity contribution in [3.63, 3.8) is 0 Å². The quantitative estimate of drug-likeness (QED) is 0.796. The molecular weight excluding hydrogens is 240 g/mol.